The van der Waals surface area contributed by atoms with Crippen LogP contribution in [0.15, 0.2) is 17.4 Å². The quantitative estimate of drug-likeness (QED) is 0.452. The van der Waals surface area contributed by atoms with E-state index in [1.807, 2.05) is 0 Å². The first-order valence-electron chi connectivity index (χ1n) is 2.45. The Hall–Kier alpha value is -1.41. The molecule has 46 valence electrons. The van der Waals surface area contributed by atoms with E-state index < -0.39 is 0 Å². The number of isocyanates is 1. The monoisotopic (exact) mass is 123 g/mol. The predicted molar refractivity (Wildman–Crippen MR) is 30.4 cm³/mol. The van der Waals surface area contributed by atoms with E-state index in [0.29, 0.717) is 6.54 Å². The number of aliphatic imine (C=N–C) groups is 1. The zero-order valence-corrected chi connectivity index (χ0v) is 4.66. The number of aromatic nitrogens is 2. The Balaban J connectivity index is 2.57. The molecule has 9 heavy (non-hydrogen) atoms. The average molecular weight is 123 g/mol. The van der Waals surface area contributed by atoms with E-state index >= 15 is 0 Å². The molecular formula is C5H5N3O. The van der Waals surface area contributed by atoms with E-state index in [0.717, 1.165) is 5.56 Å². The minimum absolute atomic E-state index is 0.361. The summed E-state index contributed by atoms with van der Waals surface area (Å²) in [6, 6.07) is 0. The molecule has 1 heterocycles. The van der Waals surface area contributed by atoms with Gasteiger partial charge >= 0.3 is 0 Å². The van der Waals surface area contributed by atoms with Gasteiger partial charge in [-0.15, -0.1) is 0 Å². The molecule has 0 aliphatic heterocycles. The molecule has 1 aromatic heterocycles. The van der Waals surface area contributed by atoms with Crippen LogP contribution in [0.3, 0.4) is 0 Å². The molecule has 0 atom stereocenters. The topological polar surface area (TPSA) is 58.1 Å². The number of nitrogens with one attached hydrogen (secondary N) is 1. The second-order valence-electron chi connectivity index (χ2n) is 1.51. The number of hydrogen-bond acceptors (Lipinski definition) is 3. The Morgan fingerprint density at radius 1 is 1.89 bits per heavy atom. The standard InChI is InChI=1S/C5H5N3O/c9-4-6-1-5-2-7-8-3-5/h2-3H,1H2,(H,7,8). The second-order valence-corrected chi connectivity index (χ2v) is 1.51. The highest BCUT2D eigenvalue weighted by Gasteiger charge is 1.87. The third-order valence-electron chi connectivity index (χ3n) is 0.881. The minimum atomic E-state index is 0.361. The van der Waals surface area contributed by atoms with Crippen LogP contribution in [0.2, 0.25) is 0 Å². The van der Waals surface area contributed by atoms with Gasteiger partial charge < -0.3 is 0 Å². The summed E-state index contributed by atoms with van der Waals surface area (Å²) < 4.78 is 0. The van der Waals surface area contributed by atoms with Crippen molar-refractivity contribution in [2.45, 2.75) is 6.54 Å². The maximum absolute atomic E-state index is 9.58. The molecule has 0 fully saturated rings. The highest BCUT2D eigenvalue weighted by molar-refractivity contribution is 5.33. The maximum atomic E-state index is 9.58. The Kier molecular flexibility index (Phi) is 1.77. The van der Waals surface area contributed by atoms with E-state index in [2.05, 4.69) is 15.2 Å². The molecule has 0 saturated carbocycles. The van der Waals surface area contributed by atoms with Gasteiger partial charge in [-0.05, 0) is 0 Å². The minimum Gasteiger partial charge on any atom is -0.285 e. The fourth-order valence-electron chi connectivity index (χ4n) is 0.488. The third kappa shape index (κ3) is 1.51. The summed E-state index contributed by atoms with van der Waals surface area (Å²) in [4.78, 5) is 12.9. The molecule has 0 bridgehead atoms. The van der Waals surface area contributed by atoms with Gasteiger partial charge in [-0.1, -0.05) is 0 Å². The van der Waals surface area contributed by atoms with Crippen LogP contribution in [-0.4, -0.2) is 16.3 Å². The molecule has 1 N–H and O–H groups in total. The van der Waals surface area contributed by atoms with E-state index in [4.69, 9.17) is 0 Å². The van der Waals surface area contributed by atoms with Crippen LogP contribution in [-0.2, 0) is 11.3 Å². The van der Waals surface area contributed by atoms with Crippen molar-refractivity contribution in [3.63, 3.8) is 0 Å². The lowest BCUT2D eigenvalue weighted by atomic mass is 10.4. The normalized spacial score (nSPS) is 8.44. The molecule has 0 aliphatic rings. The molecule has 0 radical (unpaired) electrons. The van der Waals surface area contributed by atoms with E-state index in [9.17, 15) is 4.79 Å². The summed E-state index contributed by atoms with van der Waals surface area (Å²) in [7, 11) is 0. The Bertz CT molecular complexity index is 210. The summed E-state index contributed by atoms with van der Waals surface area (Å²) >= 11 is 0. The van der Waals surface area contributed by atoms with Gasteiger partial charge in [0.2, 0.25) is 6.08 Å². The van der Waals surface area contributed by atoms with E-state index in [-0.39, 0.29) is 0 Å². The Morgan fingerprint density at radius 3 is 3.33 bits per heavy atom. The van der Waals surface area contributed by atoms with Crippen LogP contribution in [0.25, 0.3) is 0 Å². The molecule has 4 heteroatoms. The molecule has 0 aromatic carbocycles. The van der Waals surface area contributed by atoms with Crippen LogP contribution in [0.5, 0.6) is 0 Å². The van der Waals surface area contributed by atoms with Crippen molar-refractivity contribution in [3.05, 3.63) is 18.0 Å². The fourth-order valence-corrected chi connectivity index (χ4v) is 0.488. The van der Waals surface area contributed by atoms with Gasteiger partial charge in [0.25, 0.3) is 0 Å². The molecule has 4 nitrogen and oxygen atoms in total. The summed E-state index contributed by atoms with van der Waals surface area (Å²) in [5.74, 6) is 0. The van der Waals surface area contributed by atoms with Crippen molar-refractivity contribution in [1.82, 2.24) is 10.2 Å². The van der Waals surface area contributed by atoms with Gasteiger partial charge in [-0.25, -0.2) is 9.79 Å². The average Bonchev–Trinajstić information content (AvgIpc) is 2.34. The molecule has 0 saturated heterocycles. The number of hydrogen-bond donors (Lipinski definition) is 1. The van der Waals surface area contributed by atoms with Gasteiger partial charge in [-0.2, -0.15) is 5.10 Å². The molecule has 0 aliphatic carbocycles. The van der Waals surface area contributed by atoms with Crippen molar-refractivity contribution in [2.24, 2.45) is 4.99 Å². The first-order chi connectivity index (χ1) is 4.43. The van der Waals surface area contributed by atoms with Crippen LogP contribution < -0.4 is 0 Å². The van der Waals surface area contributed by atoms with Crippen molar-refractivity contribution >= 4 is 6.08 Å². The van der Waals surface area contributed by atoms with Crippen molar-refractivity contribution in [3.8, 4) is 0 Å². The van der Waals surface area contributed by atoms with Crippen LogP contribution in [0, 0.1) is 0 Å². The SMILES string of the molecule is O=C=NCc1cn[nH]c1. The summed E-state index contributed by atoms with van der Waals surface area (Å²) in [6.45, 7) is 0.361. The Labute approximate surface area is 51.6 Å². The molecule has 1 aromatic rings. The van der Waals surface area contributed by atoms with Crippen LogP contribution in [0.1, 0.15) is 5.56 Å². The number of nitrogens with zero attached hydrogens (tertiary/aromatic N) is 2. The lowest BCUT2D eigenvalue weighted by Gasteiger charge is -1.78. The van der Waals surface area contributed by atoms with Gasteiger partial charge in [0, 0.05) is 11.8 Å². The van der Waals surface area contributed by atoms with Crippen LogP contribution in [0.4, 0.5) is 0 Å². The zero-order valence-electron chi connectivity index (χ0n) is 4.66. The van der Waals surface area contributed by atoms with Crippen LogP contribution >= 0.6 is 0 Å². The Morgan fingerprint density at radius 2 is 2.78 bits per heavy atom. The van der Waals surface area contributed by atoms with Gasteiger partial charge in [0.15, 0.2) is 0 Å². The van der Waals surface area contributed by atoms with E-state index in [1.165, 1.54) is 6.08 Å². The zero-order chi connectivity index (χ0) is 6.53. The summed E-state index contributed by atoms with van der Waals surface area (Å²) in [5, 5.41) is 6.26. The third-order valence-corrected chi connectivity index (χ3v) is 0.881. The predicted octanol–water partition coefficient (Wildman–Crippen LogP) is 0.245. The smallest absolute Gasteiger partial charge is 0.235 e. The van der Waals surface area contributed by atoms with Crippen molar-refractivity contribution in [1.29, 1.82) is 0 Å². The van der Waals surface area contributed by atoms with Gasteiger partial charge in [0.05, 0.1) is 12.7 Å². The number of carbonyl (C=O) groups excluding carboxylic acids is 1. The van der Waals surface area contributed by atoms with Gasteiger partial charge in [0.1, 0.15) is 0 Å². The lowest BCUT2D eigenvalue weighted by Crippen LogP contribution is -1.72. The summed E-state index contributed by atoms with van der Waals surface area (Å²) in [5.41, 5.74) is 0.887. The molecular weight excluding hydrogens is 118 g/mol. The highest BCUT2D eigenvalue weighted by atomic mass is 16.1. The highest BCUT2D eigenvalue weighted by Crippen LogP contribution is 1.93. The van der Waals surface area contributed by atoms with Crippen molar-refractivity contribution in [2.75, 3.05) is 0 Å². The lowest BCUT2D eigenvalue weighted by molar-refractivity contribution is 0.563. The number of rotatable bonds is 2. The van der Waals surface area contributed by atoms with E-state index in [1.54, 1.807) is 12.4 Å². The molecule has 0 unspecified atom stereocenters. The fraction of sp³-hybridized carbons (Fsp3) is 0.200. The first kappa shape index (κ1) is 5.72. The second kappa shape index (κ2) is 2.79. The van der Waals surface area contributed by atoms with Gasteiger partial charge in [-0.3, -0.25) is 5.10 Å². The van der Waals surface area contributed by atoms with Crippen molar-refractivity contribution < 1.29 is 4.79 Å². The largest absolute Gasteiger partial charge is 0.285 e. The molecule has 1 rings (SSSR count). The maximum Gasteiger partial charge on any atom is 0.235 e. The summed E-state index contributed by atoms with van der Waals surface area (Å²) in [6.07, 6.45) is 4.73. The molecule has 0 spiro atoms. The molecule has 0 amide bonds. The number of H-pyrrole nitrogens is 1. The number of aromatic amines is 1. The first-order valence-corrected chi connectivity index (χ1v) is 2.45.